The fraction of sp³-hybridized carbons (Fsp3) is 0.476. The van der Waals surface area contributed by atoms with Crippen LogP contribution in [0.1, 0.15) is 31.2 Å². The zero-order valence-electron chi connectivity index (χ0n) is 16.9. The lowest BCUT2D eigenvalue weighted by Crippen LogP contribution is -2.45. The minimum Gasteiger partial charge on any atom is -0.374 e. The van der Waals surface area contributed by atoms with Gasteiger partial charge in [0.15, 0.2) is 23.3 Å². The highest BCUT2D eigenvalue weighted by atomic mass is 19.2. The van der Waals surface area contributed by atoms with Gasteiger partial charge in [-0.15, -0.1) is 0 Å². The molecule has 2 heterocycles. The molecule has 0 radical (unpaired) electrons. The average Bonchev–Trinajstić information content (AvgIpc) is 2.68. The predicted octanol–water partition coefficient (Wildman–Crippen LogP) is 3.23. The van der Waals surface area contributed by atoms with Crippen molar-refractivity contribution >= 4 is 17.4 Å². The molecule has 1 fully saturated rings. The van der Waals surface area contributed by atoms with Crippen LogP contribution in [0.4, 0.5) is 24.7 Å². The van der Waals surface area contributed by atoms with Gasteiger partial charge in [-0.3, -0.25) is 4.79 Å². The van der Waals surface area contributed by atoms with E-state index in [9.17, 15) is 18.0 Å². The summed E-state index contributed by atoms with van der Waals surface area (Å²) in [6.45, 7) is 2.82. The fourth-order valence-electron chi connectivity index (χ4n) is 3.96. The Bertz CT molecular complexity index is 942. The topological polar surface area (TPSA) is 58.6 Å². The third-order valence-corrected chi connectivity index (χ3v) is 5.63. The van der Waals surface area contributed by atoms with Crippen LogP contribution in [-0.4, -0.2) is 42.1 Å². The summed E-state index contributed by atoms with van der Waals surface area (Å²) >= 11 is 0. The molecule has 0 N–H and O–H groups in total. The Morgan fingerprint density at radius 1 is 1.20 bits per heavy atom. The van der Waals surface area contributed by atoms with E-state index >= 15 is 0 Å². The first-order valence-corrected chi connectivity index (χ1v) is 9.98. The van der Waals surface area contributed by atoms with Crippen LogP contribution < -0.4 is 9.80 Å². The summed E-state index contributed by atoms with van der Waals surface area (Å²) in [5.74, 6) is -2.03. The first kappa shape index (κ1) is 20.6. The van der Waals surface area contributed by atoms with Crippen LogP contribution in [-0.2, 0) is 22.6 Å². The van der Waals surface area contributed by atoms with E-state index in [0.29, 0.717) is 25.4 Å². The monoisotopic (exact) mass is 420 g/mol. The molecule has 0 spiro atoms. The lowest BCUT2D eigenvalue weighted by atomic mass is 9.80. The Balaban J connectivity index is 1.31. The van der Waals surface area contributed by atoms with Gasteiger partial charge in [-0.2, -0.15) is 0 Å². The minimum absolute atomic E-state index is 0.0142. The van der Waals surface area contributed by atoms with Crippen LogP contribution >= 0.6 is 0 Å². The molecule has 0 bridgehead atoms. The van der Waals surface area contributed by atoms with Gasteiger partial charge in [0.1, 0.15) is 11.5 Å². The number of fused-ring (bicyclic) bond motifs is 1. The van der Waals surface area contributed by atoms with Crippen molar-refractivity contribution in [3.63, 3.8) is 0 Å². The lowest BCUT2D eigenvalue weighted by Gasteiger charge is -2.36. The van der Waals surface area contributed by atoms with Crippen LogP contribution in [0.25, 0.3) is 0 Å². The van der Waals surface area contributed by atoms with E-state index < -0.39 is 17.5 Å². The highest BCUT2D eigenvalue weighted by molar-refractivity contribution is 6.01. The first-order valence-electron chi connectivity index (χ1n) is 9.98. The molecule has 0 atom stereocenters. The third-order valence-electron chi connectivity index (χ3n) is 5.63. The molecular formula is C21H23F3N4O2. The Hall–Kier alpha value is -2.68. The number of likely N-dealkylation sites (N-methyl/N-ethyl adjacent to an activating group) is 2. The van der Waals surface area contributed by atoms with Gasteiger partial charge in [0.2, 0.25) is 5.91 Å². The van der Waals surface area contributed by atoms with Crippen molar-refractivity contribution < 1.29 is 22.7 Å². The third kappa shape index (κ3) is 3.98. The second-order valence-electron chi connectivity index (χ2n) is 7.84. The Morgan fingerprint density at radius 2 is 1.90 bits per heavy atom. The number of nitrogens with zero attached hydrogens (tertiary/aromatic N) is 4. The highest BCUT2D eigenvalue weighted by Crippen LogP contribution is 2.35. The van der Waals surface area contributed by atoms with E-state index in [1.807, 2.05) is 18.9 Å². The lowest BCUT2D eigenvalue weighted by molar-refractivity contribution is -0.117. The number of carbonyl (C=O) groups excluding carboxylic acids is 1. The second kappa shape index (κ2) is 8.22. The number of hydrogen-bond acceptors (Lipinski definition) is 5. The summed E-state index contributed by atoms with van der Waals surface area (Å²) in [5.41, 5.74) is 1.000. The van der Waals surface area contributed by atoms with E-state index in [-0.39, 0.29) is 24.2 Å². The number of aromatic nitrogens is 2. The van der Waals surface area contributed by atoms with Gasteiger partial charge in [0.05, 0.1) is 25.5 Å². The van der Waals surface area contributed by atoms with Gasteiger partial charge in [-0.1, -0.05) is 0 Å². The van der Waals surface area contributed by atoms with Crippen molar-refractivity contribution in [2.24, 2.45) is 5.92 Å². The van der Waals surface area contributed by atoms with Gasteiger partial charge in [-0.05, 0) is 43.4 Å². The SMILES string of the molecule is CCN1C(=O)CN(C)c2nc(CC3CC(OCc4cc(F)c(F)c(F)c4)C3)ncc21. The summed E-state index contributed by atoms with van der Waals surface area (Å²) in [4.78, 5) is 24.7. The van der Waals surface area contributed by atoms with Crippen molar-refractivity contribution in [3.8, 4) is 0 Å². The first-order chi connectivity index (χ1) is 14.4. The Morgan fingerprint density at radius 3 is 2.57 bits per heavy atom. The molecule has 4 rings (SSSR count). The number of benzene rings is 1. The van der Waals surface area contributed by atoms with Crippen LogP contribution in [0.15, 0.2) is 18.3 Å². The van der Waals surface area contributed by atoms with Crippen LogP contribution in [0, 0.1) is 23.4 Å². The van der Waals surface area contributed by atoms with Gasteiger partial charge in [-0.25, -0.2) is 23.1 Å². The molecule has 9 heteroatoms. The van der Waals surface area contributed by atoms with Crippen LogP contribution in [0.3, 0.4) is 0 Å². The molecular weight excluding hydrogens is 397 g/mol. The molecule has 1 aromatic heterocycles. The Labute approximate surface area is 172 Å². The molecule has 2 aliphatic rings. The van der Waals surface area contributed by atoms with Crippen molar-refractivity contribution in [3.05, 3.63) is 47.2 Å². The van der Waals surface area contributed by atoms with Gasteiger partial charge >= 0.3 is 0 Å². The van der Waals surface area contributed by atoms with Crippen molar-refractivity contribution in [2.45, 2.75) is 38.9 Å². The molecule has 0 saturated heterocycles. The molecule has 1 amide bonds. The molecule has 160 valence electrons. The number of hydrogen-bond donors (Lipinski definition) is 0. The molecule has 2 aromatic rings. The van der Waals surface area contributed by atoms with Crippen LogP contribution in [0.2, 0.25) is 0 Å². The Kier molecular flexibility index (Phi) is 5.64. The second-order valence-corrected chi connectivity index (χ2v) is 7.84. The summed E-state index contributed by atoms with van der Waals surface area (Å²) in [6, 6.07) is 1.91. The number of rotatable bonds is 6. The van der Waals surface area contributed by atoms with E-state index in [1.165, 1.54) is 0 Å². The van der Waals surface area contributed by atoms with Gasteiger partial charge < -0.3 is 14.5 Å². The maximum Gasteiger partial charge on any atom is 0.246 e. The van der Waals surface area contributed by atoms with Crippen LogP contribution in [0.5, 0.6) is 0 Å². The zero-order valence-corrected chi connectivity index (χ0v) is 16.9. The van der Waals surface area contributed by atoms with Crippen molar-refractivity contribution in [1.29, 1.82) is 0 Å². The highest BCUT2D eigenvalue weighted by Gasteiger charge is 2.32. The summed E-state index contributed by atoms with van der Waals surface area (Å²) in [5, 5.41) is 0. The molecule has 30 heavy (non-hydrogen) atoms. The number of halogens is 3. The quantitative estimate of drug-likeness (QED) is 0.672. The van der Waals surface area contributed by atoms with Crippen molar-refractivity contribution in [1.82, 2.24) is 9.97 Å². The maximum atomic E-state index is 13.3. The minimum atomic E-state index is -1.47. The number of amides is 1. The van der Waals surface area contributed by atoms with Gasteiger partial charge in [0, 0.05) is 20.0 Å². The molecule has 1 aromatic carbocycles. The molecule has 0 unspecified atom stereocenters. The maximum absolute atomic E-state index is 13.3. The molecule has 1 aliphatic heterocycles. The fourth-order valence-corrected chi connectivity index (χ4v) is 3.96. The van der Waals surface area contributed by atoms with E-state index in [0.717, 1.165) is 42.3 Å². The summed E-state index contributed by atoms with van der Waals surface area (Å²) in [6.07, 6.45) is 3.98. The number of anilines is 2. The molecule has 1 saturated carbocycles. The predicted molar refractivity (Wildman–Crippen MR) is 105 cm³/mol. The van der Waals surface area contributed by atoms with E-state index in [1.54, 1.807) is 11.1 Å². The molecule has 6 nitrogen and oxygen atoms in total. The van der Waals surface area contributed by atoms with Crippen molar-refractivity contribution in [2.75, 3.05) is 29.9 Å². The number of ether oxygens (including phenoxy) is 1. The zero-order chi connectivity index (χ0) is 21.4. The normalized spacial score (nSPS) is 20.9. The molecule has 1 aliphatic carbocycles. The number of carbonyl (C=O) groups is 1. The van der Waals surface area contributed by atoms with E-state index in [4.69, 9.17) is 4.74 Å². The average molecular weight is 420 g/mol. The smallest absolute Gasteiger partial charge is 0.246 e. The van der Waals surface area contributed by atoms with Gasteiger partial charge in [0.25, 0.3) is 0 Å². The van der Waals surface area contributed by atoms with E-state index in [2.05, 4.69) is 9.97 Å². The summed E-state index contributed by atoms with van der Waals surface area (Å²) in [7, 11) is 1.84. The summed E-state index contributed by atoms with van der Waals surface area (Å²) < 4.78 is 45.2. The standard InChI is InChI=1S/C21H23F3N4O2/c1-3-28-17-9-25-18(26-21(17)27(2)10-19(28)29)8-12-4-14(5-12)30-11-13-6-15(22)20(24)16(23)7-13/h6-7,9,12,14H,3-5,8,10-11H2,1-2H3. The largest absolute Gasteiger partial charge is 0.374 e.